The maximum atomic E-state index is 12.3. The molecule has 5 nitrogen and oxygen atoms in total. The SMILES string of the molecule is Cc1ccc(NC(=O)C2CCN(C(=O)c3ccoc3)CC2)cc1. The molecule has 1 aromatic heterocycles. The van der Waals surface area contributed by atoms with Crippen molar-refractivity contribution >= 4 is 17.5 Å². The second kappa shape index (κ2) is 6.69. The third-order valence-electron chi connectivity index (χ3n) is 4.24. The molecule has 1 aliphatic heterocycles. The minimum Gasteiger partial charge on any atom is -0.472 e. The standard InChI is InChI=1S/C18H20N2O3/c1-13-2-4-16(5-3-13)19-17(21)14-6-9-20(10-7-14)18(22)15-8-11-23-12-15/h2-5,8,11-12,14H,6-7,9-10H2,1H3,(H,19,21). The number of anilines is 1. The molecule has 120 valence electrons. The van der Waals surface area contributed by atoms with Gasteiger partial charge in [-0.2, -0.15) is 0 Å². The topological polar surface area (TPSA) is 62.6 Å². The molecule has 1 N–H and O–H groups in total. The Kier molecular flexibility index (Phi) is 4.46. The van der Waals surface area contributed by atoms with Crippen molar-refractivity contribution < 1.29 is 14.0 Å². The van der Waals surface area contributed by atoms with Crippen molar-refractivity contribution in [3.05, 3.63) is 54.0 Å². The van der Waals surface area contributed by atoms with E-state index in [2.05, 4.69) is 5.32 Å². The first-order valence-corrected chi connectivity index (χ1v) is 7.82. The van der Waals surface area contributed by atoms with Crippen LogP contribution in [-0.4, -0.2) is 29.8 Å². The first-order chi connectivity index (χ1) is 11.1. The first kappa shape index (κ1) is 15.3. The predicted molar refractivity (Wildman–Crippen MR) is 87.1 cm³/mol. The molecule has 0 radical (unpaired) electrons. The summed E-state index contributed by atoms with van der Waals surface area (Å²) in [4.78, 5) is 26.3. The second-order valence-electron chi connectivity index (χ2n) is 5.93. The van der Waals surface area contributed by atoms with Crippen LogP contribution in [0.3, 0.4) is 0 Å². The molecule has 0 unspecified atom stereocenters. The number of amides is 2. The van der Waals surface area contributed by atoms with Crippen LogP contribution in [0.5, 0.6) is 0 Å². The number of piperidine rings is 1. The number of carbonyl (C=O) groups excluding carboxylic acids is 2. The second-order valence-corrected chi connectivity index (χ2v) is 5.93. The summed E-state index contributed by atoms with van der Waals surface area (Å²) in [5.41, 5.74) is 2.54. The molecular formula is C18H20N2O3. The first-order valence-electron chi connectivity index (χ1n) is 7.82. The van der Waals surface area contributed by atoms with E-state index in [4.69, 9.17) is 4.42 Å². The molecule has 3 rings (SSSR count). The number of nitrogens with one attached hydrogen (secondary N) is 1. The van der Waals surface area contributed by atoms with Crippen molar-refractivity contribution in [1.29, 1.82) is 0 Å². The summed E-state index contributed by atoms with van der Waals surface area (Å²) in [6.45, 7) is 3.20. The Balaban J connectivity index is 1.53. The van der Waals surface area contributed by atoms with E-state index in [1.165, 1.54) is 12.5 Å². The quantitative estimate of drug-likeness (QED) is 0.947. The Morgan fingerprint density at radius 2 is 1.83 bits per heavy atom. The third-order valence-corrected chi connectivity index (χ3v) is 4.24. The van der Waals surface area contributed by atoms with Gasteiger partial charge in [-0.25, -0.2) is 0 Å². The van der Waals surface area contributed by atoms with Gasteiger partial charge in [-0.3, -0.25) is 9.59 Å². The predicted octanol–water partition coefficient (Wildman–Crippen LogP) is 3.08. The van der Waals surface area contributed by atoms with Crippen LogP contribution in [0.1, 0.15) is 28.8 Å². The lowest BCUT2D eigenvalue weighted by molar-refractivity contribution is -0.121. The number of carbonyl (C=O) groups is 2. The van der Waals surface area contributed by atoms with Crippen LogP contribution in [-0.2, 0) is 4.79 Å². The van der Waals surface area contributed by atoms with Gasteiger partial charge in [0.25, 0.3) is 5.91 Å². The van der Waals surface area contributed by atoms with E-state index in [0.29, 0.717) is 31.5 Å². The van der Waals surface area contributed by atoms with Gasteiger partial charge in [0.2, 0.25) is 5.91 Å². The average Bonchev–Trinajstić information content (AvgIpc) is 3.11. The van der Waals surface area contributed by atoms with E-state index in [0.717, 1.165) is 11.3 Å². The Bertz CT molecular complexity index is 669. The molecule has 0 atom stereocenters. The fourth-order valence-electron chi connectivity index (χ4n) is 2.79. The Labute approximate surface area is 135 Å². The summed E-state index contributed by atoms with van der Waals surface area (Å²) in [6.07, 6.45) is 4.32. The summed E-state index contributed by atoms with van der Waals surface area (Å²) in [6, 6.07) is 9.43. The van der Waals surface area contributed by atoms with E-state index in [-0.39, 0.29) is 17.7 Å². The monoisotopic (exact) mass is 312 g/mol. The fraction of sp³-hybridized carbons (Fsp3) is 0.333. The van der Waals surface area contributed by atoms with Crippen LogP contribution in [0.4, 0.5) is 5.69 Å². The fourth-order valence-corrected chi connectivity index (χ4v) is 2.79. The molecule has 0 aliphatic carbocycles. The Morgan fingerprint density at radius 1 is 1.13 bits per heavy atom. The highest BCUT2D eigenvalue weighted by Crippen LogP contribution is 2.21. The molecule has 1 aliphatic rings. The van der Waals surface area contributed by atoms with Crippen LogP contribution in [0.2, 0.25) is 0 Å². The maximum Gasteiger partial charge on any atom is 0.257 e. The smallest absolute Gasteiger partial charge is 0.257 e. The van der Waals surface area contributed by atoms with Gasteiger partial charge in [-0.05, 0) is 38.0 Å². The molecule has 2 aromatic rings. The van der Waals surface area contributed by atoms with E-state index < -0.39 is 0 Å². The van der Waals surface area contributed by atoms with Crippen molar-refractivity contribution in [2.75, 3.05) is 18.4 Å². The van der Waals surface area contributed by atoms with Gasteiger partial charge in [0, 0.05) is 24.7 Å². The number of rotatable bonds is 3. The summed E-state index contributed by atoms with van der Waals surface area (Å²) in [5, 5.41) is 2.95. The third kappa shape index (κ3) is 3.62. The zero-order valence-corrected chi connectivity index (χ0v) is 13.1. The zero-order chi connectivity index (χ0) is 16.2. The van der Waals surface area contributed by atoms with Crippen LogP contribution < -0.4 is 5.32 Å². The molecule has 1 fully saturated rings. The minimum absolute atomic E-state index is 0.0313. The number of aryl methyl sites for hydroxylation is 1. The van der Waals surface area contributed by atoms with Gasteiger partial charge in [0.15, 0.2) is 0 Å². The van der Waals surface area contributed by atoms with Crippen LogP contribution in [0, 0.1) is 12.8 Å². The Morgan fingerprint density at radius 3 is 2.43 bits per heavy atom. The van der Waals surface area contributed by atoms with E-state index in [1.807, 2.05) is 31.2 Å². The molecule has 0 saturated carbocycles. The molecule has 1 aromatic carbocycles. The van der Waals surface area contributed by atoms with Gasteiger partial charge in [0.1, 0.15) is 6.26 Å². The van der Waals surface area contributed by atoms with Crippen molar-refractivity contribution in [3.63, 3.8) is 0 Å². The highest BCUT2D eigenvalue weighted by Gasteiger charge is 2.28. The van der Waals surface area contributed by atoms with Crippen molar-refractivity contribution in [3.8, 4) is 0 Å². The number of hydrogen-bond acceptors (Lipinski definition) is 3. The summed E-state index contributed by atoms with van der Waals surface area (Å²) < 4.78 is 4.95. The number of likely N-dealkylation sites (tertiary alicyclic amines) is 1. The van der Waals surface area contributed by atoms with Gasteiger partial charge < -0.3 is 14.6 Å². The number of hydrogen-bond donors (Lipinski definition) is 1. The molecule has 2 heterocycles. The number of benzene rings is 1. The molecule has 2 amide bonds. The summed E-state index contributed by atoms with van der Waals surface area (Å²) in [7, 11) is 0. The molecular weight excluding hydrogens is 292 g/mol. The van der Waals surface area contributed by atoms with E-state index >= 15 is 0 Å². The Hall–Kier alpha value is -2.56. The van der Waals surface area contributed by atoms with Gasteiger partial charge >= 0.3 is 0 Å². The number of nitrogens with zero attached hydrogens (tertiary/aromatic N) is 1. The zero-order valence-electron chi connectivity index (χ0n) is 13.1. The van der Waals surface area contributed by atoms with Crippen molar-refractivity contribution in [2.45, 2.75) is 19.8 Å². The van der Waals surface area contributed by atoms with Crippen LogP contribution >= 0.6 is 0 Å². The van der Waals surface area contributed by atoms with Crippen LogP contribution in [0.25, 0.3) is 0 Å². The summed E-state index contributed by atoms with van der Waals surface area (Å²) >= 11 is 0. The lowest BCUT2D eigenvalue weighted by Crippen LogP contribution is -2.41. The summed E-state index contributed by atoms with van der Waals surface area (Å²) in [5.74, 6) is -0.0508. The largest absolute Gasteiger partial charge is 0.472 e. The average molecular weight is 312 g/mol. The highest BCUT2D eigenvalue weighted by molar-refractivity contribution is 5.95. The lowest BCUT2D eigenvalue weighted by atomic mass is 9.95. The van der Waals surface area contributed by atoms with Gasteiger partial charge in [0.05, 0.1) is 11.8 Å². The molecule has 0 spiro atoms. The molecule has 5 heteroatoms. The van der Waals surface area contributed by atoms with Crippen molar-refractivity contribution in [2.24, 2.45) is 5.92 Å². The highest BCUT2D eigenvalue weighted by atomic mass is 16.3. The lowest BCUT2D eigenvalue weighted by Gasteiger charge is -2.31. The van der Waals surface area contributed by atoms with Gasteiger partial charge in [-0.15, -0.1) is 0 Å². The molecule has 1 saturated heterocycles. The van der Waals surface area contributed by atoms with E-state index in [1.54, 1.807) is 11.0 Å². The van der Waals surface area contributed by atoms with Crippen molar-refractivity contribution in [1.82, 2.24) is 4.90 Å². The molecule has 0 bridgehead atoms. The maximum absolute atomic E-state index is 12.3. The van der Waals surface area contributed by atoms with E-state index in [9.17, 15) is 9.59 Å². The minimum atomic E-state index is -0.0512. The number of furan rings is 1. The van der Waals surface area contributed by atoms with Crippen LogP contribution in [0.15, 0.2) is 47.3 Å². The normalized spacial score (nSPS) is 15.4. The molecule has 23 heavy (non-hydrogen) atoms. The van der Waals surface area contributed by atoms with Gasteiger partial charge in [-0.1, -0.05) is 17.7 Å².